The Morgan fingerprint density at radius 2 is 2.25 bits per heavy atom. The summed E-state index contributed by atoms with van der Waals surface area (Å²) in [4.78, 5) is 2.16. The largest absolute Gasteiger partial charge is 0.409 e. The Hall–Kier alpha value is -1.71. The van der Waals surface area contributed by atoms with Crippen LogP contribution in [-0.4, -0.2) is 24.6 Å². The van der Waals surface area contributed by atoms with Crippen LogP contribution >= 0.6 is 0 Å². The predicted molar refractivity (Wildman–Crippen MR) is 67.1 cm³/mol. The van der Waals surface area contributed by atoms with Crippen LogP contribution in [0, 0.1) is 0 Å². The molecule has 0 radical (unpaired) electrons. The molecule has 4 heteroatoms. The number of rotatable bonds is 5. The lowest BCUT2D eigenvalue weighted by Gasteiger charge is -2.19. The number of nitrogens with two attached hydrogens (primary N) is 1. The second kappa shape index (κ2) is 6.00. The van der Waals surface area contributed by atoms with E-state index in [9.17, 15) is 0 Å². The summed E-state index contributed by atoms with van der Waals surface area (Å²) in [5.74, 6) is 0.144. The van der Waals surface area contributed by atoms with Crippen molar-refractivity contribution in [3.05, 3.63) is 29.8 Å². The fourth-order valence-corrected chi connectivity index (χ4v) is 1.48. The van der Waals surface area contributed by atoms with Gasteiger partial charge >= 0.3 is 0 Å². The van der Waals surface area contributed by atoms with Gasteiger partial charge in [-0.2, -0.15) is 0 Å². The molecule has 16 heavy (non-hydrogen) atoms. The molecule has 1 rings (SSSR count). The van der Waals surface area contributed by atoms with Crippen molar-refractivity contribution < 1.29 is 5.21 Å². The zero-order valence-corrected chi connectivity index (χ0v) is 9.85. The molecule has 0 saturated carbocycles. The highest BCUT2D eigenvalue weighted by atomic mass is 16.4. The summed E-state index contributed by atoms with van der Waals surface area (Å²) in [5, 5.41) is 11.6. The van der Waals surface area contributed by atoms with Crippen LogP contribution in [0.25, 0.3) is 0 Å². The maximum Gasteiger partial charge on any atom is 0.170 e. The topological polar surface area (TPSA) is 61.8 Å². The van der Waals surface area contributed by atoms with Crippen molar-refractivity contribution >= 4 is 11.5 Å². The number of amidine groups is 1. The number of hydrogen-bond donors (Lipinski definition) is 2. The van der Waals surface area contributed by atoms with Gasteiger partial charge in [0.25, 0.3) is 0 Å². The van der Waals surface area contributed by atoms with Crippen LogP contribution in [0.1, 0.15) is 25.3 Å². The van der Waals surface area contributed by atoms with Crippen LogP contribution < -0.4 is 10.6 Å². The Morgan fingerprint density at radius 1 is 1.50 bits per heavy atom. The summed E-state index contributed by atoms with van der Waals surface area (Å²) in [6.07, 6.45) is 2.33. The highest BCUT2D eigenvalue weighted by Gasteiger charge is 2.03. The summed E-state index contributed by atoms with van der Waals surface area (Å²) in [7, 11) is 2.04. The van der Waals surface area contributed by atoms with Crippen molar-refractivity contribution in [2.75, 3.05) is 18.5 Å². The molecule has 0 amide bonds. The molecule has 0 heterocycles. The number of unbranched alkanes of at least 4 members (excludes halogenated alkanes) is 1. The molecule has 0 aliphatic carbocycles. The van der Waals surface area contributed by atoms with Crippen LogP contribution in [0.5, 0.6) is 0 Å². The number of hydrogen-bond acceptors (Lipinski definition) is 3. The molecular weight excluding hydrogens is 202 g/mol. The van der Waals surface area contributed by atoms with Gasteiger partial charge < -0.3 is 15.8 Å². The Bertz CT molecular complexity index is 363. The summed E-state index contributed by atoms with van der Waals surface area (Å²) in [6, 6.07) is 7.67. The monoisotopic (exact) mass is 221 g/mol. The van der Waals surface area contributed by atoms with Gasteiger partial charge in [0, 0.05) is 24.8 Å². The maximum absolute atomic E-state index is 8.61. The zero-order valence-electron chi connectivity index (χ0n) is 9.85. The van der Waals surface area contributed by atoms with Gasteiger partial charge in [-0.15, -0.1) is 0 Å². The SMILES string of the molecule is CCCCN(C)c1cccc(C(N)=NO)c1. The normalized spacial score (nSPS) is 11.5. The van der Waals surface area contributed by atoms with Gasteiger partial charge in [0.15, 0.2) is 5.84 Å². The van der Waals surface area contributed by atoms with Gasteiger partial charge in [-0.1, -0.05) is 30.6 Å². The van der Waals surface area contributed by atoms with Crippen molar-refractivity contribution in [2.45, 2.75) is 19.8 Å². The lowest BCUT2D eigenvalue weighted by atomic mass is 10.1. The van der Waals surface area contributed by atoms with Crippen LogP contribution in [0.2, 0.25) is 0 Å². The van der Waals surface area contributed by atoms with Gasteiger partial charge in [0.05, 0.1) is 0 Å². The third kappa shape index (κ3) is 3.15. The molecule has 0 aliphatic heterocycles. The summed E-state index contributed by atoms with van der Waals surface area (Å²) in [6.45, 7) is 3.18. The average Bonchev–Trinajstić information content (AvgIpc) is 2.35. The van der Waals surface area contributed by atoms with Crippen molar-refractivity contribution in [2.24, 2.45) is 10.9 Å². The van der Waals surface area contributed by atoms with Crippen LogP contribution in [0.15, 0.2) is 29.4 Å². The second-order valence-corrected chi connectivity index (χ2v) is 3.81. The van der Waals surface area contributed by atoms with E-state index in [-0.39, 0.29) is 5.84 Å². The minimum absolute atomic E-state index is 0.144. The summed E-state index contributed by atoms with van der Waals surface area (Å²) in [5.41, 5.74) is 7.37. The molecule has 3 N–H and O–H groups in total. The highest BCUT2D eigenvalue weighted by molar-refractivity contribution is 5.97. The standard InChI is InChI=1S/C12H19N3O/c1-3-4-8-15(2)11-7-5-6-10(9-11)12(13)14-16/h5-7,9,16H,3-4,8H2,1-2H3,(H2,13,14). The number of nitrogens with zero attached hydrogens (tertiary/aromatic N) is 2. The molecule has 0 saturated heterocycles. The summed E-state index contributed by atoms with van der Waals surface area (Å²) >= 11 is 0. The average molecular weight is 221 g/mol. The zero-order chi connectivity index (χ0) is 12.0. The first-order chi connectivity index (χ1) is 7.69. The van der Waals surface area contributed by atoms with Crippen LogP contribution in [0.3, 0.4) is 0 Å². The lowest BCUT2D eigenvalue weighted by molar-refractivity contribution is 0.318. The van der Waals surface area contributed by atoms with Gasteiger partial charge in [0.2, 0.25) is 0 Å². The van der Waals surface area contributed by atoms with E-state index in [2.05, 4.69) is 17.0 Å². The smallest absolute Gasteiger partial charge is 0.170 e. The van der Waals surface area contributed by atoms with Gasteiger partial charge in [-0.25, -0.2) is 0 Å². The van der Waals surface area contributed by atoms with E-state index >= 15 is 0 Å². The first kappa shape index (κ1) is 12.4. The van der Waals surface area contributed by atoms with E-state index < -0.39 is 0 Å². The molecule has 0 spiro atoms. The Balaban J connectivity index is 2.81. The van der Waals surface area contributed by atoms with E-state index in [1.807, 2.05) is 31.3 Å². The maximum atomic E-state index is 8.61. The van der Waals surface area contributed by atoms with E-state index in [4.69, 9.17) is 10.9 Å². The molecule has 0 aromatic heterocycles. The molecule has 1 aromatic rings. The Kier molecular flexibility index (Phi) is 4.64. The van der Waals surface area contributed by atoms with E-state index in [0.717, 1.165) is 24.2 Å². The van der Waals surface area contributed by atoms with E-state index in [0.29, 0.717) is 0 Å². The first-order valence-electron chi connectivity index (χ1n) is 5.48. The first-order valence-corrected chi connectivity index (χ1v) is 5.48. The van der Waals surface area contributed by atoms with Crippen LogP contribution in [-0.2, 0) is 0 Å². The van der Waals surface area contributed by atoms with Crippen molar-refractivity contribution in [1.29, 1.82) is 0 Å². The number of benzene rings is 1. The fourth-order valence-electron chi connectivity index (χ4n) is 1.48. The molecule has 0 aliphatic rings. The fraction of sp³-hybridized carbons (Fsp3) is 0.417. The molecule has 88 valence electrons. The van der Waals surface area contributed by atoms with Crippen molar-refractivity contribution in [3.63, 3.8) is 0 Å². The Labute approximate surface area is 96.4 Å². The Morgan fingerprint density at radius 3 is 2.88 bits per heavy atom. The number of oxime groups is 1. The van der Waals surface area contributed by atoms with Crippen LogP contribution in [0.4, 0.5) is 5.69 Å². The lowest BCUT2D eigenvalue weighted by Crippen LogP contribution is -2.19. The highest BCUT2D eigenvalue weighted by Crippen LogP contribution is 2.15. The van der Waals surface area contributed by atoms with E-state index in [1.54, 1.807) is 0 Å². The predicted octanol–water partition coefficient (Wildman–Crippen LogP) is 2.02. The summed E-state index contributed by atoms with van der Waals surface area (Å²) < 4.78 is 0. The van der Waals surface area contributed by atoms with Gasteiger partial charge in [-0.3, -0.25) is 0 Å². The molecule has 4 nitrogen and oxygen atoms in total. The third-order valence-electron chi connectivity index (χ3n) is 2.54. The second-order valence-electron chi connectivity index (χ2n) is 3.81. The molecule has 0 unspecified atom stereocenters. The molecule has 0 fully saturated rings. The minimum atomic E-state index is 0.144. The third-order valence-corrected chi connectivity index (χ3v) is 2.54. The van der Waals surface area contributed by atoms with Crippen molar-refractivity contribution in [1.82, 2.24) is 0 Å². The molecular formula is C12H19N3O. The molecule has 0 atom stereocenters. The quantitative estimate of drug-likeness (QED) is 0.346. The number of anilines is 1. The van der Waals surface area contributed by atoms with Crippen molar-refractivity contribution in [3.8, 4) is 0 Å². The molecule has 1 aromatic carbocycles. The van der Waals surface area contributed by atoms with Gasteiger partial charge in [-0.05, 0) is 18.6 Å². The van der Waals surface area contributed by atoms with Gasteiger partial charge in [0.1, 0.15) is 0 Å². The van der Waals surface area contributed by atoms with E-state index in [1.165, 1.54) is 6.42 Å². The molecule has 0 bridgehead atoms. The minimum Gasteiger partial charge on any atom is -0.409 e.